The van der Waals surface area contributed by atoms with Gasteiger partial charge in [-0.05, 0) is 38.9 Å². The van der Waals surface area contributed by atoms with Crippen molar-refractivity contribution in [2.45, 2.75) is 51.3 Å². The molecule has 0 saturated carbocycles. The van der Waals surface area contributed by atoms with E-state index >= 15 is 0 Å². The Hall–Kier alpha value is -1.54. The molecule has 1 unspecified atom stereocenters. The molecule has 3 amide bonds. The number of nitrogens with one attached hydrogen (secondary N) is 3. The van der Waals surface area contributed by atoms with E-state index in [2.05, 4.69) is 17.2 Å². The van der Waals surface area contributed by atoms with Crippen LogP contribution in [0.4, 0.5) is 0 Å². The molecule has 8 heteroatoms. The van der Waals surface area contributed by atoms with Crippen LogP contribution in [0.1, 0.15) is 40.5 Å². The van der Waals surface area contributed by atoms with Crippen molar-refractivity contribution >= 4 is 29.5 Å². The van der Waals surface area contributed by atoms with E-state index < -0.39 is 28.5 Å². The Kier molecular flexibility index (Phi) is 10.6. The molecule has 0 bridgehead atoms. The van der Waals surface area contributed by atoms with Crippen LogP contribution in [0.5, 0.6) is 0 Å². The Morgan fingerprint density at radius 3 is 2.12 bits per heavy atom. The maximum absolute atomic E-state index is 13.0. The summed E-state index contributed by atoms with van der Waals surface area (Å²) in [7, 11) is 1.52. The van der Waals surface area contributed by atoms with Gasteiger partial charge in [0.1, 0.15) is 6.04 Å². The summed E-state index contributed by atoms with van der Waals surface area (Å²) in [5, 5.41) is 14.4. The second-order valence-corrected chi connectivity index (χ2v) is 8.67. The fourth-order valence-electron chi connectivity index (χ4n) is 2.74. The normalized spacial score (nSPS) is 14.9. The summed E-state index contributed by atoms with van der Waals surface area (Å²) < 4.78 is -0.536. The molecule has 7 nitrogen and oxygen atoms in total. The molecule has 0 aromatic rings. The van der Waals surface area contributed by atoms with E-state index in [1.54, 1.807) is 11.6 Å². The van der Waals surface area contributed by atoms with Crippen LogP contribution < -0.4 is 16.1 Å². The van der Waals surface area contributed by atoms with Crippen molar-refractivity contribution < 1.29 is 19.6 Å². The van der Waals surface area contributed by atoms with E-state index in [1.807, 2.05) is 34.0 Å². The lowest BCUT2D eigenvalue weighted by atomic mass is 9.81. The first kappa shape index (κ1) is 24.5. The zero-order chi connectivity index (χ0) is 20.5. The van der Waals surface area contributed by atoms with Gasteiger partial charge in [-0.2, -0.15) is 11.8 Å². The van der Waals surface area contributed by atoms with Crippen molar-refractivity contribution in [2.24, 2.45) is 17.8 Å². The van der Waals surface area contributed by atoms with Crippen molar-refractivity contribution in [3.63, 3.8) is 0 Å². The van der Waals surface area contributed by atoms with Crippen molar-refractivity contribution in [2.75, 3.05) is 13.3 Å². The lowest BCUT2D eigenvalue weighted by molar-refractivity contribution is -0.141. The first-order valence-electron chi connectivity index (χ1n) is 8.67. The molecule has 0 aliphatic heterocycles. The Bertz CT molecular complexity index is 509. The third-order valence-electron chi connectivity index (χ3n) is 4.43. The fraction of sp³-hybridized carbons (Fsp3) is 0.722. The van der Waals surface area contributed by atoms with Crippen LogP contribution >= 0.6 is 11.8 Å². The van der Waals surface area contributed by atoms with E-state index in [4.69, 9.17) is 5.21 Å². The highest BCUT2D eigenvalue weighted by atomic mass is 32.2. The van der Waals surface area contributed by atoms with Gasteiger partial charge in [0.15, 0.2) is 0 Å². The molecule has 3 atom stereocenters. The van der Waals surface area contributed by atoms with Crippen molar-refractivity contribution in [3.05, 3.63) is 12.7 Å². The largest absolute Gasteiger partial charge is 0.357 e. The molecular formula is C18H33N3O4S. The molecule has 0 aromatic carbocycles. The fourth-order valence-corrected chi connectivity index (χ4v) is 3.15. The lowest BCUT2D eigenvalue weighted by Gasteiger charge is -2.34. The summed E-state index contributed by atoms with van der Waals surface area (Å²) in [6, 6.07) is -0.758. The van der Waals surface area contributed by atoms with E-state index in [0.29, 0.717) is 6.42 Å². The van der Waals surface area contributed by atoms with Gasteiger partial charge < -0.3 is 10.6 Å². The van der Waals surface area contributed by atoms with Crippen LogP contribution in [-0.2, 0) is 14.4 Å². The molecule has 4 N–H and O–H groups in total. The highest BCUT2D eigenvalue weighted by molar-refractivity contribution is 8.00. The predicted molar refractivity (Wildman–Crippen MR) is 105 cm³/mol. The Labute approximate surface area is 160 Å². The van der Waals surface area contributed by atoms with E-state index in [1.165, 1.54) is 18.8 Å². The highest BCUT2D eigenvalue weighted by Gasteiger charge is 2.39. The van der Waals surface area contributed by atoms with Crippen LogP contribution in [0.3, 0.4) is 0 Å². The number of amides is 3. The number of carbonyl (C=O) groups excluding carboxylic acids is 3. The summed E-state index contributed by atoms with van der Waals surface area (Å²) in [5.41, 5.74) is 1.64. The highest BCUT2D eigenvalue weighted by Crippen LogP contribution is 2.29. The number of rotatable bonds is 11. The van der Waals surface area contributed by atoms with Gasteiger partial charge in [-0.25, -0.2) is 5.48 Å². The summed E-state index contributed by atoms with van der Waals surface area (Å²) in [6.07, 6.45) is 4.10. The van der Waals surface area contributed by atoms with E-state index in [9.17, 15) is 14.4 Å². The zero-order valence-corrected chi connectivity index (χ0v) is 17.4. The molecule has 0 heterocycles. The second kappa shape index (κ2) is 11.2. The number of thioether (sulfide) groups is 1. The zero-order valence-electron chi connectivity index (χ0n) is 16.6. The SMILES string of the molecule is C=CC[C@H](C(=O)NO)[C@@H](CC(C)C)C(=O)NC(C(=O)NC)C(C)(C)SC. The number of hydrogen-bond donors (Lipinski definition) is 4. The second-order valence-electron chi connectivity index (χ2n) is 7.21. The van der Waals surface area contributed by atoms with Crippen LogP contribution in [0.15, 0.2) is 12.7 Å². The maximum Gasteiger partial charge on any atom is 0.247 e. The molecule has 0 aromatic heterocycles. The van der Waals surface area contributed by atoms with Crippen LogP contribution in [0.25, 0.3) is 0 Å². The minimum Gasteiger partial charge on any atom is -0.357 e. The average molecular weight is 388 g/mol. The number of likely N-dealkylation sites (N-methyl/N-ethyl adjacent to an activating group) is 1. The molecule has 0 radical (unpaired) electrons. The van der Waals surface area contributed by atoms with Crippen molar-refractivity contribution in [1.82, 2.24) is 16.1 Å². The van der Waals surface area contributed by atoms with Gasteiger partial charge in [0.05, 0.1) is 11.8 Å². The monoisotopic (exact) mass is 387 g/mol. The third kappa shape index (κ3) is 6.99. The van der Waals surface area contributed by atoms with Gasteiger partial charge in [0.25, 0.3) is 0 Å². The number of hydroxylamine groups is 1. The molecule has 0 spiro atoms. The number of carbonyl (C=O) groups is 3. The number of hydrogen-bond acceptors (Lipinski definition) is 5. The Balaban J connectivity index is 5.72. The predicted octanol–water partition coefficient (Wildman–Crippen LogP) is 1.72. The molecule has 150 valence electrons. The molecule has 0 fully saturated rings. The topological polar surface area (TPSA) is 108 Å². The standard InChI is InChI=1S/C18H33N3O4S/c1-8-9-12(16(23)21-25)13(10-11(2)3)15(22)20-14(17(24)19-6)18(4,5)26-7/h8,11-14,25H,1,9-10H2,2-7H3,(H,19,24)(H,20,22)(H,21,23)/t12-,13+,14?/m0/s1. The van der Waals surface area contributed by atoms with E-state index in [-0.39, 0.29) is 24.2 Å². The van der Waals surface area contributed by atoms with Gasteiger partial charge in [-0.1, -0.05) is 19.9 Å². The van der Waals surface area contributed by atoms with Crippen LogP contribution in [-0.4, -0.2) is 47.0 Å². The van der Waals surface area contributed by atoms with Gasteiger partial charge >= 0.3 is 0 Å². The van der Waals surface area contributed by atoms with Crippen molar-refractivity contribution in [3.8, 4) is 0 Å². The molecular weight excluding hydrogens is 354 g/mol. The minimum atomic E-state index is -0.761. The van der Waals surface area contributed by atoms with Gasteiger partial charge in [-0.15, -0.1) is 6.58 Å². The quantitative estimate of drug-likeness (QED) is 0.245. The summed E-state index contributed by atoms with van der Waals surface area (Å²) in [6.45, 7) is 11.3. The summed E-state index contributed by atoms with van der Waals surface area (Å²) >= 11 is 1.46. The van der Waals surface area contributed by atoms with Crippen LogP contribution in [0.2, 0.25) is 0 Å². The lowest BCUT2D eigenvalue weighted by Crippen LogP contribution is -2.57. The molecule has 0 aliphatic rings. The van der Waals surface area contributed by atoms with E-state index in [0.717, 1.165) is 0 Å². The molecule has 0 rings (SSSR count). The Morgan fingerprint density at radius 1 is 1.15 bits per heavy atom. The first-order valence-corrected chi connectivity index (χ1v) is 9.90. The summed E-state index contributed by atoms with van der Waals surface area (Å²) in [4.78, 5) is 37.4. The third-order valence-corrected chi connectivity index (χ3v) is 5.72. The smallest absolute Gasteiger partial charge is 0.247 e. The molecule has 26 heavy (non-hydrogen) atoms. The Morgan fingerprint density at radius 2 is 1.73 bits per heavy atom. The molecule has 0 saturated heterocycles. The number of allylic oxidation sites excluding steroid dienone is 1. The maximum atomic E-state index is 13.0. The van der Waals surface area contributed by atoms with Crippen molar-refractivity contribution in [1.29, 1.82) is 0 Å². The summed E-state index contributed by atoms with van der Waals surface area (Å²) in [5.74, 6) is -2.62. The van der Waals surface area contributed by atoms with Gasteiger partial charge in [-0.3, -0.25) is 19.6 Å². The van der Waals surface area contributed by atoms with Crippen LogP contribution in [0, 0.1) is 17.8 Å². The first-order chi connectivity index (χ1) is 12.0. The average Bonchev–Trinajstić information content (AvgIpc) is 2.60. The van der Waals surface area contributed by atoms with Gasteiger partial charge in [0, 0.05) is 11.8 Å². The molecule has 0 aliphatic carbocycles. The van der Waals surface area contributed by atoms with Gasteiger partial charge in [0.2, 0.25) is 17.7 Å². The minimum absolute atomic E-state index is 0.150.